The maximum atomic E-state index is 10.7. The highest BCUT2D eigenvalue weighted by Crippen LogP contribution is 2.27. The zero-order chi connectivity index (χ0) is 19.5. The number of unbranched alkanes of at least 4 members (excludes halogenated alkanes) is 13. The van der Waals surface area contributed by atoms with Crippen molar-refractivity contribution in [1.29, 1.82) is 0 Å². The minimum absolute atomic E-state index is 0.206. The van der Waals surface area contributed by atoms with Crippen LogP contribution in [0.5, 0.6) is 0 Å². The fraction of sp³-hybridized carbons (Fsp3) is 0.913. The Bertz CT molecular complexity index is 310. The minimum Gasteiger partial charge on any atom is -0.356 e. The number of Topliss-reactive ketones (excluding diaryl/α,β-unsaturated/α-hetero) is 1. The number of nitrogens with one attached hydrogen (secondary N) is 1. The number of carbonyl (C=O) groups is 2. The maximum absolute atomic E-state index is 10.7. The molecular formula is C23H45NO2. The second-order valence-corrected chi connectivity index (χ2v) is 8.00. The maximum Gasteiger partial charge on any atom is 0.207 e. The summed E-state index contributed by atoms with van der Waals surface area (Å²) < 4.78 is 0. The molecule has 1 aliphatic carbocycles. The Balaban J connectivity index is 0.000000531. The summed E-state index contributed by atoms with van der Waals surface area (Å²) in [6.07, 6.45) is 22.8. The Labute approximate surface area is 163 Å². The van der Waals surface area contributed by atoms with Crippen LogP contribution in [0.4, 0.5) is 0 Å². The van der Waals surface area contributed by atoms with Crippen molar-refractivity contribution < 1.29 is 9.59 Å². The first-order valence-corrected chi connectivity index (χ1v) is 11.4. The summed E-state index contributed by atoms with van der Waals surface area (Å²) in [4.78, 5) is 20.5. The van der Waals surface area contributed by atoms with Gasteiger partial charge in [-0.25, -0.2) is 0 Å². The summed E-state index contributed by atoms with van der Waals surface area (Å²) in [5, 5.41) is 2.63. The second kappa shape index (κ2) is 18.9. The largest absolute Gasteiger partial charge is 0.356 e. The van der Waals surface area contributed by atoms with Gasteiger partial charge in [-0.05, 0) is 19.8 Å². The lowest BCUT2D eigenvalue weighted by atomic mass is 9.78. The molecule has 1 N–H and O–H groups in total. The van der Waals surface area contributed by atoms with Gasteiger partial charge in [0.2, 0.25) is 6.41 Å². The molecule has 1 fully saturated rings. The lowest BCUT2D eigenvalue weighted by Crippen LogP contribution is -2.42. The van der Waals surface area contributed by atoms with E-state index < -0.39 is 0 Å². The number of hydrogen-bond donors (Lipinski definition) is 1. The van der Waals surface area contributed by atoms with Gasteiger partial charge in [-0.1, -0.05) is 104 Å². The third kappa shape index (κ3) is 15.4. The average molecular weight is 368 g/mol. The van der Waals surface area contributed by atoms with Gasteiger partial charge in [-0.15, -0.1) is 0 Å². The average Bonchev–Trinajstić information content (AvgIpc) is 2.59. The third-order valence-electron chi connectivity index (χ3n) is 5.47. The van der Waals surface area contributed by atoms with Crippen molar-refractivity contribution in [2.24, 2.45) is 5.92 Å². The molecule has 1 amide bonds. The van der Waals surface area contributed by atoms with Gasteiger partial charge in [0.15, 0.2) is 0 Å². The number of carbonyl (C=O) groups excluding carboxylic acids is 2. The van der Waals surface area contributed by atoms with Crippen molar-refractivity contribution >= 4 is 12.2 Å². The lowest BCUT2D eigenvalue weighted by Gasteiger charge is -2.32. The first-order valence-electron chi connectivity index (χ1n) is 11.4. The van der Waals surface area contributed by atoms with Gasteiger partial charge >= 0.3 is 0 Å². The van der Waals surface area contributed by atoms with Crippen LogP contribution in [0, 0.1) is 5.92 Å². The Hall–Kier alpha value is -0.860. The van der Waals surface area contributed by atoms with E-state index in [9.17, 15) is 9.59 Å². The van der Waals surface area contributed by atoms with Crippen LogP contribution >= 0.6 is 0 Å². The summed E-state index contributed by atoms with van der Waals surface area (Å²) in [7, 11) is 0. The molecule has 0 aromatic heterocycles. The van der Waals surface area contributed by atoms with Gasteiger partial charge in [-0.3, -0.25) is 9.59 Å². The van der Waals surface area contributed by atoms with Crippen LogP contribution in [-0.4, -0.2) is 18.2 Å². The predicted octanol–water partition coefficient (Wildman–Crippen LogP) is 6.59. The fourth-order valence-electron chi connectivity index (χ4n) is 3.45. The summed E-state index contributed by atoms with van der Waals surface area (Å²) >= 11 is 0. The molecule has 0 heterocycles. The van der Waals surface area contributed by atoms with Crippen molar-refractivity contribution in [3.8, 4) is 0 Å². The van der Waals surface area contributed by atoms with Crippen LogP contribution in [0.15, 0.2) is 0 Å². The third-order valence-corrected chi connectivity index (χ3v) is 5.47. The predicted molar refractivity (Wildman–Crippen MR) is 112 cm³/mol. The van der Waals surface area contributed by atoms with Crippen molar-refractivity contribution in [2.45, 2.75) is 130 Å². The zero-order valence-corrected chi connectivity index (χ0v) is 17.9. The Morgan fingerprint density at radius 3 is 1.38 bits per heavy atom. The van der Waals surface area contributed by atoms with Gasteiger partial charge in [0, 0.05) is 12.0 Å². The molecule has 0 bridgehead atoms. The van der Waals surface area contributed by atoms with Crippen molar-refractivity contribution in [1.82, 2.24) is 5.32 Å². The molecule has 0 spiro atoms. The van der Waals surface area contributed by atoms with E-state index in [0.717, 1.165) is 12.8 Å². The fourth-order valence-corrected chi connectivity index (χ4v) is 3.45. The lowest BCUT2D eigenvalue weighted by molar-refractivity contribution is -0.124. The Morgan fingerprint density at radius 2 is 1.12 bits per heavy atom. The van der Waals surface area contributed by atoms with E-state index in [4.69, 9.17) is 0 Å². The van der Waals surface area contributed by atoms with Gasteiger partial charge in [0.25, 0.3) is 0 Å². The standard InChI is InChI=1S/C16H34.C7H11NO2/c1-3-5-7-9-11-13-15-16-14-12-10-8-6-4-2;1-5(10)6-2-7(3-6)8-4-9/h3-16H2,1-2H3;4,6-7H,2-3H2,1H3,(H,8,9). The van der Waals surface area contributed by atoms with Crippen LogP contribution in [0.25, 0.3) is 0 Å². The minimum atomic E-state index is 0.206. The first kappa shape index (κ1) is 25.1. The number of ketones is 1. The number of amides is 1. The van der Waals surface area contributed by atoms with Gasteiger partial charge < -0.3 is 5.32 Å². The molecule has 26 heavy (non-hydrogen) atoms. The molecule has 0 saturated heterocycles. The van der Waals surface area contributed by atoms with Crippen LogP contribution in [-0.2, 0) is 9.59 Å². The van der Waals surface area contributed by atoms with E-state index in [1.165, 1.54) is 89.9 Å². The topological polar surface area (TPSA) is 46.2 Å². The quantitative estimate of drug-likeness (QED) is 0.247. The SMILES string of the molecule is CC(=O)C1CC(NC=O)C1.CCCCCCCCCCCCCCCC. The zero-order valence-electron chi connectivity index (χ0n) is 17.9. The highest BCUT2D eigenvalue weighted by Gasteiger charge is 2.31. The molecule has 0 unspecified atom stereocenters. The normalized spacial score (nSPS) is 18.4. The summed E-state index contributed by atoms with van der Waals surface area (Å²) in [6, 6.07) is 0.256. The number of rotatable bonds is 16. The van der Waals surface area contributed by atoms with Gasteiger partial charge in [0.1, 0.15) is 5.78 Å². The van der Waals surface area contributed by atoms with Gasteiger partial charge in [-0.2, -0.15) is 0 Å². The van der Waals surface area contributed by atoms with Crippen LogP contribution < -0.4 is 5.32 Å². The number of hydrogen-bond acceptors (Lipinski definition) is 2. The molecule has 0 aliphatic heterocycles. The van der Waals surface area contributed by atoms with Crippen molar-refractivity contribution in [3.05, 3.63) is 0 Å². The van der Waals surface area contributed by atoms with Crippen LogP contribution in [0.1, 0.15) is 124 Å². The Morgan fingerprint density at radius 1 is 0.769 bits per heavy atom. The molecule has 1 aliphatic rings. The molecule has 0 aromatic rings. The smallest absolute Gasteiger partial charge is 0.207 e. The van der Waals surface area contributed by atoms with Crippen molar-refractivity contribution in [2.75, 3.05) is 0 Å². The molecule has 3 nitrogen and oxygen atoms in total. The van der Waals surface area contributed by atoms with E-state index in [2.05, 4.69) is 19.2 Å². The molecular weight excluding hydrogens is 322 g/mol. The molecule has 0 radical (unpaired) electrons. The first-order chi connectivity index (χ1) is 12.7. The van der Waals surface area contributed by atoms with Gasteiger partial charge in [0.05, 0.1) is 0 Å². The molecule has 154 valence electrons. The summed E-state index contributed by atoms with van der Waals surface area (Å²) in [6.45, 7) is 6.18. The highest BCUT2D eigenvalue weighted by molar-refractivity contribution is 5.79. The molecule has 3 heteroatoms. The highest BCUT2D eigenvalue weighted by atomic mass is 16.1. The van der Waals surface area contributed by atoms with E-state index >= 15 is 0 Å². The summed E-state index contributed by atoms with van der Waals surface area (Å²) in [5.74, 6) is 0.446. The summed E-state index contributed by atoms with van der Waals surface area (Å²) in [5.41, 5.74) is 0. The molecule has 0 atom stereocenters. The Kier molecular flexibility index (Phi) is 18.3. The second-order valence-electron chi connectivity index (χ2n) is 8.00. The van der Waals surface area contributed by atoms with E-state index in [1.54, 1.807) is 6.92 Å². The molecule has 1 rings (SSSR count). The van der Waals surface area contributed by atoms with E-state index in [0.29, 0.717) is 6.41 Å². The monoisotopic (exact) mass is 367 g/mol. The van der Waals surface area contributed by atoms with Crippen molar-refractivity contribution in [3.63, 3.8) is 0 Å². The molecule has 0 aromatic carbocycles. The van der Waals surface area contributed by atoms with Crippen LogP contribution in [0.2, 0.25) is 0 Å². The van der Waals surface area contributed by atoms with Crippen LogP contribution in [0.3, 0.4) is 0 Å². The molecule has 1 saturated carbocycles. The van der Waals surface area contributed by atoms with E-state index in [1.807, 2.05) is 0 Å². The van der Waals surface area contributed by atoms with E-state index in [-0.39, 0.29) is 17.7 Å².